The highest BCUT2D eigenvalue weighted by molar-refractivity contribution is 8.00. The average Bonchev–Trinajstić information content (AvgIpc) is 3.46. The summed E-state index contributed by atoms with van der Waals surface area (Å²) in [4.78, 5) is 27.5. The van der Waals surface area contributed by atoms with Gasteiger partial charge in [0.1, 0.15) is 11.5 Å². The highest BCUT2D eigenvalue weighted by Gasteiger charge is 2.46. The molecule has 1 amide bonds. The Bertz CT molecular complexity index is 1160. The summed E-state index contributed by atoms with van der Waals surface area (Å²) in [5.74, 6) is -0.689. The summed E-state index contributed by atoms with van der Waals surface area (Å²) in [6.07, 6.45) is 1.85. The van der Waals surface area contributed by atoms with Gasteiger partial charge in [0.05, 0.1) is 18.7 Å². The zero-order chi connectivity index (χ0) is 21.4. The highest BCUT2D eigenvalue weighted by Crippen LogP contribution is 2.43. The minimum Gasteiger partial charge on any atom is -0.503 e. The number of carbonyl (C=O) groups is 2. The summed E-state index contributed by atoms with van der Waals surface area (Å²) in [5.41, 5.74) is 0.543. The zero-order valence-corrected chi connectivity index (χ0v) is 19.1. The number of methoxy groups -OCH3 is 1. The van der Waals surface area contributed by atoms with Gasteiger partial charge in [0.15, 0.2) is 15.9 Å². The van der Waals surface area contributed by atoms with Crippen LogP contribution in [-0.4, -0.2) is 40.4 Å². The summed E-state index contributed by atoms with van der Waals surface area (Å²) >= 11 is 2.60. The van der Waals surface area contributed by atoms with Crippen molar-refractivity contribution in [2.45, 2.75) is 17.3 Å². The molecule has 8 nitrogen and oxygen atoms in total. The normalized spacial score (nSPS) is 15.9. The van der Waals surface area contributed by atoms with Crippen LogP contribution in [0.5, 0.6) is 5.75 Å². The molecule has 0 spiro atoms. The number of aliphatic hydroxyl groups is 1. The molecule has 162 valence electrons. The van der Waals surface area contributed by atoms with Crippen LogP contribution in [0.1, 0.15) is 27.9 Å². The summed E-state index contributed by atoms with van der Waals surface area (Å²) in [6.45, 7) is 1.71. The van der Waals surface area contributed by atoms with Crippen LogP contribution < -0.4 is 9.64 Å². The van der Waals surface area contributed by atoms with Crippen molar-refractivity contribution in [3.8, 4) is 5.75 Å². The van der Waals surface area contributed by atoms with Crippen LogP contribution in [0.25, 0.3) is 0 Å². The number of halogens is 1. The van der Waals surface area contributed by atoms with Crippen molar-refractivity contribution in [2.24, 2.45) is 0 Å². The van der Waals surface area contributed by atoms with Crippen LogP contribution in [0.3, 0.4) is 0 Å². The Morgan fingerprint density at radius 3 is 2.48 bits per heavy atom. The molecular formula is C20H18ClN3O5S2. The maximum absolute atomic E-state index is 13.2. The van der Waals surface area contributed by atoms with Gasteiger partial charge in [-0.2, -0.15) is 0 Å². The zero-order valence-electron chi connectivity index (χ0n) is 16.7. The number of rotatable bonds is 6. The number of nitrogens with zero attached hydrogens (tertiary/aromatic N) is 3. The van der Waals surface area contributed by atoms with Crippen LogP contribution in [0.4, 0.5) is 5.13 Å². The molecule has 4 rings (SSSR count). The molecule has 31 heavy (non-hydrogen) atoms. The van der Waals surface area contributed by atoms with Gasteiger partial charge < -0.3 is 14.3 Å². The number of carbonyl (C=O) groups excluding carboxylic acids is 2. The number of aliphatic hydroxyl groups excluding tert-OH is 1. The predicted molar refractivity (Wildman–Crippen MR) is 120 cm³/mol. The molecule has 1 aliphatic rings. The third kappa shape index (κ3) is 4.06. The van der Waals surface area contributed by atoms with E-state index in [2.05, 4.69) is 10.2 Å². The van der Waals surface area contributed by atoms with Gasteiger partial charge in [-0.15, -0.1) is 22.6 Å². The standard InChI is InChI=1S/C20H17N3O5S2.ClH/c1-10-4-9-13(28-10)16(24)14-15(11-5-7-12(27-2)8-6-11)23(18(26)17(14)25)19-21-22-20(29-3)30-19;/h4-9,15,25H,1-3H3;1H. The van der Waals surface area contributed by atoms with Gasteiger partial charge in [-0.1, -0.05) is 35.2 Å². The Morgan fingerprint density at radius 1 is 1.23 bits per heavy atom. The first kappa shape index (κ1) is 22.9. The summed E-state index contributed by atoms with van der Waals surface area (Å²) in [5, 5.41) is 19.1. The Kier molecular flexibility index (Phi) is 6.73. The number of hydrogen-bond donors (Lipinski definition) is 1. The lowest BCUT2D eigenvalue weighted by Crippen LogP contribution is -2.31. The fraction of sp³-hybridized carbons (Fsp3) is 0.200. The minimum absolute atomic E-state index is 0. The molecule has 1 unspecified atom stereocenters. The predicted octanol–water partition coefficient (Wildman–Crippen LogP) is 4.37. The van der Waals surface area contributed by atoms with E-state index in [1.807, 2.05) is 6.26 Å². The van der Waals surface area contributed by atoms with Gasteiger partial charge >= 0.3 is 0 Å². The SMILES string of the molecule is COc1ccc(C2C(C(=O)c3ccc(C)o3)=C(O)C(=O)N2c2nnc(SC)s2)cc1.Cl. The quantitative estimate of drug-likeness (QED) is 0.315. The number of furan rings is 1. The van der Waals surface area contributed by atoms with E-state index < -0.39 is 23.5 Å². The number of aryl methyl sites for hydroxylation is 1. The van der Waals surface area contributed by atoms with Crippen molar-refractivity contribution in [1.82, 2.24) is 10.2 Å². The molecule has 0 radical (unpaired) electrons. The molecule has 3 aromatic rings. The molecule has 1 aliphatic heterocycles. The molecule has 1 atom stereocenters. The Hall–Kier alpha value is -2.82. The maximum atomic E-state index is 13.2. The Balaban J connectivity index is 0.00000272. The number of amides is 1. The van der Waals surface area contributed by atoms with Crippen LogP contribution in [0.2, 0.25) is 0 Å². The molecule has 0 saturated carbocycles. The van der Waals surface area contributed by atoms with Crippen molar-refractivity contribution < 1.29 is 23.8 Å². The van der Waals surface area contributed by atoms with Crippen molar-refractivity contribution in [3.63, 3.8) is 0 Å². The third-order valence-corrected chi connectivity index (χ3v) is 6.52. The Morgan fingerprint density at radius 2 is 1.94 bits per heavy atom. The minimum atomic E-state index is -0.885. The first-order valence-electron chi connectivity index (χ1n) is 8.84. The second-order valence-corrected chi connectivity index (χ2v) is 8.42. The molecule has 3 heterocycles. The van der Waals surface area contributed by atoms with Crippen molar-refractivity contribution in [2.75, 3.05) is 18.3 Å². The number of hydrogen-bond acceptors (Lipinski definition) is 9. The molecule has 0 saturated heterocycles. The van der Waals surface area contributed by atoms with E-state index in [9.17, 15) is 14.7 Å². The number of Topliss-reactive ketones (excluding diaryl/α,β-unsaturated/α-hetero) is 1. The van der Waals surface area contributed by atoms with Gasteiger partial charge in [-0.3, -0.25) is 14.5 Å². The van der Waals surface area contributed by atoms with E-state index >= 15 is 0 Å². The number of ketones is 1. The molecule has 2 aromatic heterocycles. The molecular weight excluding hydrogens is 462 g/mol. The first-order valence-corrected chi connectivity index (χ1v) is 10.9. The van der Waals surface area contributed by atoms with Crippen molar-refractivity contribution in [1.29, 1.82) is 0 Å². The van der Waals surface area contributed by atoms with E-state index in [1.54, 1.807) is 44.4 Å². The topological polar surface area (TPSA) is 106 Å². The van der Waals surface area contributed by atoms with Crippen LogP contribution in [0.15, 0.2) is 56.5 Å². The third-order valence-electron chi connectivity index (χ3n) is 4.62. The second kappa shape index (κ2) is 9.13. The van der Waals surface area contributed by atoms with Gasteiger partial charge in [0.25, 0.3) is 5.91 Å². The van der Waals surface area contributed by atoms with E-state index in [0.29, 0.717) is 21.4 Å². The van der Waals surface area contributed by atoms with Gasteiger partial charge in [0, 0.05) is 0 Å². The van der Waals surface area contributed by atoms with E-state index in [-0.39, 0.29) is 28.9 Å². The lowest BCUT2D eigenvalue weighted by atomic mass is 9.95. The van der Waals surface area contributed by atoms with Gasteiger partial charge in [0.2, 0.25) is 10.9 Å². The monoisotopic (exact) mass is 479 g/mol. The van der Waals surface area contributed by atoms with E-state index in [4.69, 9.17) is 9.15 Å². The van der Waals surface area contributed by atoms with Gasteiger partial charge in [-0.25, -0.2) is 0 Å². The number of aromatic nitrogens is 2. The highest BCUT2D eigenvalue weighted by atomic mass is 35.5. The smallest absolute Gasteiger partial charge is 0.296 e. The van der Waals surface area contributed by atoms with E-state index in [0.717, 1.165) is 0 Å². The molecule has 1 aromatic carbocycles. The molecule has 0 fully saturated rings. The van der Waals surface area contributed by atoms with Gasteiger partial charge in [-0.05, 0) is 43.0 Å². The van der Waals surface area contributed by atoms with Crippen LogP contribution in [0, 0.1) is 6.92 Å². The van der Waals surface area contributed by atoms with Crippen molar-refractivity contribution >= 4 is 52.3 Å². The fourth-order valence-electron chi connectivity index (χ4n) is 3.21. The number of anilines is 1. The largest absolute Gasteiger partial charge is 0.503 e. The number of ether oxygens (including phenoxy) is 1. The lowest BCUT2D eigenvalue weighted by molar-refractivity contribution is -0.117. The average molecular weight is 480 g/mol. The molecule has 0 aliphatic carbocycles. The Labute approximate surface area is 192 Å². The molecule has 1 N–H and O–H groups in total. The molecule has 0 bridgehead atoms. The number of thioether (sulfide) groups is 1. The lowest BCUT2D eigenvalue weighted by Gasteiger charge is -2.24. The summed E-state index contributed by atoms with van der Waals surface area (Å²) < 4.78 is 11.3. The number of benzene rings is 1. The van der Waals surface area contributed by atoms with Crippen LogP contribution >= 0.6 is 35.5 Å². The summed E-state index contributed by atoms with van der Waals surface area (Å²) in [6, 6.07) is 9.20. The second-order valence-electron chi connectivity index (χ2n) is 6.41. The first-order chi connectivity index (χ1) is 14.4. The summed E-state index contributed by atoms with van der Waals surface area (Å²) in [7, 11) is 1.55. The van der Waals surface area contributed by atoms with Crippen LogP contribution in [-0.2, 0) is 4.79 Å². The van der Waals surface area contributed by atoms with E-state index in [1.165, 1.54) is 34.1 Å². The van der Waals surface area contributed by atoms with Crippen molar-refractivity contribution in [3.05, 3.63) is 64.8 Å². The fourth-order valence-corrected chi connectivity index (χ4v) is 4.49. The molecule has 11 heteroatoms. The maximum Gasteiger partial charge on any atom is 0.296 e.